The van der Waals surface area contributed by atoms with Crippen molar-refractivity contribution in [3.05, 3.63) is 36.6 Å². The minimum absolute atomic E-state index is 0.843. The van der Waals surface area contributed by atoms with Crippen molar-refractivity contribution in [1.29, 1.82) is 0 Å². The number of allylic oxidation sites excluding steroid dienone is 1. The van der Waals surface area contributed by atoms with E-state index in [0.29, 0.717) is 0 Å². The molecular weight excluding hydrogens is 98.1 g/mol. The predicted molar refractivity (Wildman–Crippen MR) is 35.4 cm³/mol. The molecule has 0 atom stereocenters. The van der Waals surface area contributed by atoms with Crippen LogP contribution in [0, 0.1) is 0 Å². The summed E-state index contributed by atoms with van der Waals surface area (Å²) in [7, 11) is 0. The molecule has 1 rings (SSSR count). The van der Waals surface area contributed by atoms with Gasteiger partial charge in [0.25, 0.3) is 0 Å². The maximum atomic E-state index is 3.76. The van der Waals surface area contributed by atoms with Gasteiger partial charge in [0.2, 0.25) is 0 Å². The topological polar surface area (TPSA) is 12.0 Å². The molecule has 0 unspecified atom stereocenters. The Bertz CT molecular complexity index is 136. The van der Waals surface area contributed by atoms with Gasteiger partial charge in [0.05, 0.1) is 0 Å². The molecule has 1 aliphatic rings. The lowest BCUT2D eigenvalue weighted by Gasteiger charge is -2.10. The Kier molecular flexibility index (Phi) is 1.20. The first-order chi connectivity index (χ1) is 3.79. The number of hydrogen-bond acceptors (Lipinski definition) is 1. The zero-order valence-corrected chi connectivity index (χ0v) is 4.78. The maximum absolute atomic E-state index is 3.76. The van der Waals surface area contributed by atoms with E-state index in [1.807, 2.05) is 12.2 Å². The molecule has 0 saturated carbocycles. The molecule has 0 aromatic rings. The Morgan fingerprint density at radius 2 is 2.12 bits per heavy atom. The van der Waals surface area contributed by atoms with Crippen molar-refractivity contribution >= 4 is 0 Å². The molecule has 0 spiro atoms. The first-order valence-electron chi connectivity index (χ1n) is 2.57. The SMILES string of the molecule is C=C1C=CC(=C)NC1. The molecule has 0 aromatic carbocycles. The van der Waals surface area contributed by atoms with E-state index in [-0.39, 0.29) is 0 Å². The summed E-state index contributed by atoms with van der Waals surface area (Å²) in [4.78, 5) is 0. The molecule has 1 heterocycles. The molecule has 0 saturated heterocycles. The second-order valence-electron chi connectivity index (χ2n) is 1.87. The number of nitrogens with one attached hydrogen (secondary N) is 1. The van der Waals surface area contributed by atoms with E-state index >= 15 is 0 Å². The van der Waals surface area contributed by atoms with E-state index in [1.165, 1.54) is 0 Å². The van der Waals surface area contributed by atoms with E-state index < -0.39 is 0 Å². The summed E-state index contributed by atoms with van der Waals surface area (Å²) in [6.45, 7) is 8.31. The number of hydrogen-bond donors (Lipinski definition) is 1. The first kappa shape index (κ1) is 5.16. The van der Waals surface area contributed by atoms with Gasteiger partial charge in [-0.05, 0) is 11.6 Å². The van der Waals surface area contributed by atoms with Crippen molar-refractivity contribution in [2.45, 2.75) is 0 Å². The third kappa shape index (κ3) is 0.997. The molecule has 0 fully saturated rings. The summed E-state index contributed by atoms with van der Waals surface area (Å²) in [5.41, 5.74) is 2.08. The molecule has 1 heteroatoms. The van der Waals surface area contributed by atoms with Crippen LogP contribution >= 0.6 is 0 Å². The van der Waals surface area contributed by atoms with E-state index in [1.54, 1.807) is 0 Å². The van der Waals surface area contributed by atoms with Gasteiger partial charge in [0.1, 0.15) is 0 Å². The minimum atomic E-state index is 0.843. The van der Waals surface area contributed by atoms with E-state index in [9.17, 15) is 0 Å². The second kappa shape index (κ2) is 1.86. The highest BCUT2D eigenvalue weighted by Crippen LogP contribution is 2.01. The predicted octanol–water partition coefficient (Wildman–Crippen LogP) is 1.22. The van der Waals surface area contributed by atoms with Gasteiger partial charge >= 0.3 is 0 Å². The molecule has 1 aliphatic heterocycles. The van der Waals surface area contributed by atoms with E-state index in [2.05, 4.69) is 18.5 Å². The van der Waals surface area contributed by atoms with Crippen LogP contribution < -0.4 is 5.32 Å². The van der Waals surface area contributed by atoms with Gasteiger partial charge in [-0.3, -0.25) is 0 Å². The quantitative estimate of drug-likeness (QED) is 0.490. The van der Waals surface area contributed by atoms with Crippen LogP contribution in [0.2, 0.25) is 0 Å². The van der Waals surface area contributed by atoms with Crippen molar-refractivity contribution in [2.75, 3.05) is 6.54 Å². The van der Waals surface area contributed by atoms with Gasteiger partial charge in [0.15, 0.2) is 0 Å². The van der Waals surface area contributed by atoms with Crippen molar-refractivity contribution in [3.8, 4) is 0 Å². The monoisotopic (exact) mass is 107 g/mol. The van der Waals surface area contributed by atoms with Crippen LogP contribution in [0.5, 0.6) is 0 Å². The van der Waals surface area contributed by atoms with Crippen LogP contribution in [0.3, 0.4) is 0 Å². The lowest BCUT2D eigenvalue weighted by atomic mass is 10.2. The molecule has 1 nitrogen and oxygen atoms in total. The Labute approximate surface area is 49.4 Å². The minimum Gasteiger partial charge on any atom is -0.381 e. The lowest BCUT2D eigenvalue weighted by Crippen LogP contribution is -2.16. The average molecular weight is 107 g/mol. The standard InChI is InChI=1S/C7H9N/c1-6-3-4-7(2)8-5-6/h3-4,8H,1-2,5H2. The van der Waals surface area contributed by atoms with Crippen LogP contribution in [0.4, 0.5) is 0 Å². The fourth-order valence-corrected chi connectivity index (χ4v) is 0.563. The van der Waals surface area contributed by atoms with E-state index in [0.717, 1.165) is 17.8 Å². The molecule has 0 aromatic heterocycles. The molecule has 8 heavy (non-hydrogen) atoms. The number of rotatable bonds is 0. The Morgan fingerprint density at radius 1 is 1.38 bits per heavy atom. The van der Waals surface area contributed by atoms with Crippen LogP contribution in [-0.2, 0) is 0 Å². The van der Waals surface area contributed by atoms with Crippen LogP contribution in [-0.4, -0.2) is 6.54 Å². The van der Waals surface area contributed by atoms with Gasteiger partial charge in [-0.25, -0.2) is 0 Å². The van der Waals surface area contributed by atoms with Gasteiger partial charge in [0, 0.05) is 12.2 Å². The molecule has 42 valence electrons. The molecule has 0 bridgehead atoms. The summed E-state index contributed by atoms with van der Waals surface area (Å²) in [5.74, 6) is 0. The van der Waals surface area contributed by atoms with Crippen molar-refractivity contribution in [2.24, 2.45) is 0 Å². The highest BCUT2D eigenvalue weighted by molar-refractivity contribution is 5.29. The summed E-state index contributed by atoms with van der Waals surface area (Å²) in [5, 5.41) is 3.05. The van der Waals surface area contributed by atoms with Gasteiger partial charge in [-0.2, -0.15) is 0 Å². The zero-order valence-electron chi connectivity index (χ0n) is 4.78. The average Bonchev–Trinajstić information content (AvgIpc) is 1.77. The summed E-state index contributed by atoms with van der Waals surface area (Å²) in [6.07, 6.45) is 3.89. The van der Waals surface area contributed by atoms with Gasteiger partial charge in [-0.1, -0.05) is 19.2 Å². The third-order valence-corrected chi connectivity index (χ3v) is 1.06. The third-order valence-electron chi connectivity index (χ3n) is 1.06. The van der Waals surface area contributed by atoms with E-state index in [4.69, 9.17) is 0 Å². The van der Waals surface area contributed by atoms with Crippen LogP contribution in [0.15, 0.2) is 36.6 Å². The molecule has 0 aliphatic carbocycles. The van der Waals surface area contributed by atoms with Crippen LogP contribution in [0.25, 0.3) is 0 Å². The zero-order chi connectivity index (χ0) is 5.98. The maximum Gasteiger partial charge on any atom is 0.0394 e. The molecular formula is C7H9N. The molecule has 0 radical (unpaired) electrons. The Balaban J connectivity index is 2.68. The van der Waals surface area contributed by atoms with Gasteiger partial charge < -0.3 is 5.32 Å². The van der Waals surface area contributed by atoms with Crippen molar-refractivity contribution < 1.29 is 0 Å². The fourth-order valence-electron chi connectivity index (χ4n) is 0.563. The largest absolute Gasteiger partial charge is 0.381 e. The van der Waals surface area contributed by atoms with Crippen molar-refractivity contribution in [1.82, 2.24) is 5.32 Å². The summed E-state index contributed by atoms with van der Waals surface area (Å²) < 4.78 is 0. The summed E-state index contributed by atoms with van der Waals surface area (Å²) >= 11 is 0. The highest BCUT2D eigenvalue weighted by Gasteiger charge is 1.94. The second-order valence-corrected chi connectivity index (χ2v) is 1.87. The normalized spacial score (nSPS) is 18.5. The fraction of sp³-hybridized carbons (Fsp3) is 0.143. The Morgan fingerprint density at radius 3 is 2.50 bits per heavy atom. The van der Waals surface area contributed by atoms with Crippen LogP contribution in [0.1, 0.15) is 0 Å². The Hall–Kier alpha value is -0.980. The smallest absolute Gasteiger partial charge is 0.0394 e. The lowest BCUT2D eigenvalue weighted by molar-refractivity contribution is 0.898. The summed E-state index contributed by atoms with van der Waals surface area (Å²) in [6, 6.07) is 0. The molecule has 0 amide bonds. The first-order valence-corrected chi connectivity index (χ1v) is 2.57. The molecule has 1 N–H and O–H groups in total. The van der Waals surface area contributed by atoms with Crippen molar-refractivity contribution in [3.63, 3.8) is 0 Å². The highest BCUT2D eigenvalue weighted by atomic mass is 14.9. The van der Waals surface area contributed by atoms with Gasteiger partial charge in [-0.15, -0.1) is 0 Å².